The second-order valence-corrected chi connectivity index (χ2v) is 8.70. The van der Waals surface area contributed by atoms with E-state index in [2.05, 4.69) is 16.8 Å². The van der Waals surface area contributed by atoms with Crippen LogP contribution in [0.4, 0.5) is 0 Å². The van der Waals surface area contributed by atoms with Crippen molar-refractivity contribution in [1.29, 1.82) is 0 Å². The Kier molecular flexibility index (Phi) is 5.68. The van der Waals surface area contributed by atoms with E-state index in [-0.39, 0.29) is 5.91 Å². The number of aryl methyl sites for hydroxylation is 1. The van der Waals surface area contributed by atoms with Gasteiger partial charge in [0.25, 0.3) is 5.91 Å². The van der Waals surface area contributed by atoms with Crippen molar-refractivity contribution in [1.82, 2.24) is 19.4 Å². The second kappa shape index (κ2) is 8.05. The highest BCUT2D eigenvalue weighted by Gasteiger charge is 2.55. The van der Waals surface area contributed by atoms with Gasteiger partial charge in [0.15, 0.2) is 0 Å². The molecule has 1 aromatic heterocycles. The molecule has 0 N–H and O–H groups in total. The van der Waals surface area contributed by atoms with Crippen LogP contribution in [0.3, 0.4) is 0 Å². The number of aromatic nitrogens is 2. The Morgan fingerprint density at radius 3 is 2.57 bits per heavy atom. The predicted molar refractivity (Wildman–Crippen MR) is 112 cm³/mol. The highest BCUT2D eigenvalue weighted by Crippen LogP contribution is 2.52. The number of rotatable bonds is 7. The van der Waals surface area contributed by atoms with Crippen LogP contribution in [0.25, 0.3) is 0 Å². The van der Waals surface area contributed by atoms with Gasteiger partial charge in [0.2, 0.25) is 0 Å². The number of piperidine rings is 1. The van der Waals surface area contributed by atoms with Crippen LogP contribution in [0.15, 0.2) is 30.7 Å². The minimum Gasteiger partial charge on any atom is -0.337 e. The van der Waals surface area contributed by atoms with Crippen molar-refractivity contribution in [2.24, 2.45) is 17.8 Å². The Labute approximate surface area is 176 Å². The van der Waals surface area contributed by atoms with Crippen LogP contribution in [0.5, 0.6) is 0 Å². The van der Waals surface area contributed by atoms with Crippen LogP contribution in [-0.4, -0.2) is 51.4 Å². The summed E-state index contributed by atoms with van der Waals surface area (Å²) in [6.07, 6.45) is 3.54. The van der Waals surface area contributed by atoms with Crippen molar-refractivity contribution in [3.63, 3.8) is 0 Å². The fourth-order valence-corrected chi connectivity index (χ4v) is 4.87. The van der Waals surface area contributed by atoms with E-state index in [1.165, 1.54) is 0 Å². The molecule has 1 saturated heterocycles. The minimum absolute atomic E-state index is 0.0319. The number of nitrogens with zero attached hydrogens (tertiary/aromatic N) is 4. The molecule has 1 saturated carbocycles. The van der Waals surface area contributed by atoms with Gasteiger partial charge < -0.3 is 14.4 Å². The van der Waals surface area contributed by atoms with Gasteiger partial charge in [0, 0.05) is 49.0 Å². The highest BCUT2D eigenvalue weighted by atomic mass is 35.5. The quantitative estimate of drug-likeness (QED) is 0.678. The monoisotopic (exact) mass is 420 g/mol. The van der Waals surface area contributed by atoms with Crippen LogP contribution >= 0.6 is 23.2 Å². The number of hydrogen-bond acceptors (Lipinski definition) is 3. The van der Waals surface area contributed by atoms with E-state index in [1.807, 2.05) is 34.7 Å². The van der Waals surface area contributed by atoms with Crippen LogP contribution in [0.2, 0.25) is 10.0 Å². The minimum atomic E-state index is -0.0319. The van der Waals surface area contributed by atoms with Crippen LogP contribution in [0, 0.1) is 17.8 Å². The zero-order valence-electron chi connectivity index (χ0n) is 16.3. The van der Waals surface area contributed by atoms with E-state index >= 15 is 0 Å². The molecule has 1 aliphatic heterocycles. The van der Waals surface area contributed by atoms with Gasteiger partial charge in [-0.2, -0.15) is 0 Å². The van der Waals surface area contributed by atoms with E-state index < -0.39 is 0 Å². The van der Waals surface area contributed by atoms with Crippen molar-refractivity contribution in [3.05, 3.63) is 52.0 Å². The Balaban J connectivity index is 1.52. The highest BCUT2D eigenvalue weighted by molar-refractivity contribution is 6.35. The fraction of sp³-hybridized carbons (Fsp3) is 0.524. The Hall–Kier alpha value is -1.56. The summed E-state index contributed by atoms with van der Waals surface area (Å²) in [6.45, 7) is 9.68. The summed E-state index contributed by atoms with van der Waals surface area (Å²) in [5, 5.41) is 1.20. The van der Waals surface area contributed by atoms with E-state index in [0.717, 1.165) is 38.3 Å². The molecule has 2 aliphatic rings. The zero-order chi connectivity index (χ0) is 19.8. The average molecular weight is 421 g/mol. The molecular formula is C21H26Cl2N4O. The van der Waals surface area contributed by atoms with E-state index in [4.69, 9.17) is 23.2 Å². The van der Waals surface area contributed by atoms with Crippen molar-refractivity contribution in [3.8, 4) is 0 Å². The molecule has 5 nitrogen and oxygen atoms in total. The van der Waals surface area contributed by atoms with Crippen molar-refractivity contribution in [2.75, 3.05) is 26.2 Å². The number of hydrogen-bond donors (Lipinski definition) is 0. The average Bonchev–Trinajstić information content (AvgIpc) is 3.09. The number of benzene rings is 1. The Morgan fingerprint density at radius 2 is 1.96 bits per heavy atom. The first-order valence-corrected chi connectivity index (χ1v) is 10.7. The smallest absolute Gasteiger partial charge is 0.274 e. The summed E-state index contributed by atoms with van der Waals surface area (Å²) in [7, 11) is 0. The number of carbonyl (C=O) groups excluding carboxylic acids is 1. The fourth-order valence-electron chi connectivity index (χ4n) is 4.40. The van der Waals surface area contributed by atoms with Gasteiger partial charge in [0.05, 0.1) is 6.33 Å². The number of imidazole rings is 1. The van der Waals surface area contributed by atoms with E-state index in [1.54, 1.807) is 12.4 Å². The van der Waals surface area contributed by atoms with Crippen LogP contribution in [-0.2, 0) is 13.1 Å². The first-order valence-electron chi connectivity index (χ1n) is 9.97. The lowest BCUT2D eigenvalue weighted by molar-refractivity contribution is 0.0719. The normalized spacial score (nSPS) is 23.6. The van der Waals surface area contributed by atoms with Gasteiger partial charge >= 0.3 is 0 Å². The van der Waals surface area contributed by atoms with Gasteiger partial charge in [-0.15, -0.1) is 0 Å². The lowest BCUT2D eigenvalue weighted by Gasteiger charge is -2.25. The maximum absolute atomic E-state index is 13.2. The molecule has 0 bridgehead atoms. The number of amides is 1. The SMILES string of the molecule is CCN1CC2C(C1)C2CN(Cc1ccc(Cl)cc1Cl)C(=O)c1cn(CC)cn1. The largest absolute Gasteiger partial charge is 0.337 e. The molecule has 1 aliphatic carbocycles. The third-order valence-electron chi connectivity index (χ3n) is 6.21. The first-order chi connectivity index (χ1) is 13.5. The summed E-state index contributed by atoms with van der Waals surface area (Å²) in [5.41, 5.74) is 1.41. The zero-order valence-corrected chi connectivity index (χ0v) is 17.8. The lowest BCUT2D eigenvalue weighted by Crippen LogP contribution is -2.35. The summed E-state index contributed by atoms with van der Waals surface area (Å²) >= 11 is 12.4. The molecule has 2 aromatic rings. The molecular weight excluding hydrogens is 395 g/mol. The molecule has 0 spiro atoms. The standard InChI is InChI=1S/C21H26Cl2N4O/c1-3-25-9-16-17(10-25)18(16)11-27(8-14-5-6-15(22)7-19(14)23)21(28)20-12-26(4-2)13-24-20/h5-7,12-13,16-18H,3-4,8-11H2,1-2H3. The molecule has 1 aromatic carbocycles. The van der Waals surface area contributed by atoms with E-state index in [0.29, 0.717) is 40.0 Å². The number of fused-ring (bicyclic) bond motifs is 1. The summed E-state index contributed by atoms with van der Waals surface area (Å²) < 4.78 is 1.92. The molecule has 2 unspecified atom stereocenters. The van der Waals surface area contributed by atoms with Gasteiger partial charge in [-0.3, -0.25) is 4.79 Å². The summed E-state index contributed by atoms with van der Waals surface area (Å²) in [6, 6.07) is 5.46. The number of carbonyl (C=O) groups is 1. The maximum atomic E-state index is 13.2. The molecule has 1 amide bonds. The molecule has 2 atom stereocenters. The molecule has 4 rings (SSSR count). The molecule has 0 radical (unpaired) electrons. The van der Waals surface area contributed by atoms with Gasteiger partial charge in [-0.25, -0.2) is 4.98 Å². The first kappa shape index (κ1) is 19.7. The van der Waals surface area contributed by atoms with Gasteiger partial charge in [0.1, 0.15) is 5.69 Å². The molecule has 7 heteroatoms. The number of likely N-dealkylation sites (tertiary alicyclic amines) is 1. The van der Waals surface area contributed by atoms with Crippen LogP contribution < -0.4 is 0 Å². The van der Waals surface area contributed by atoms with Crippen molar-refractivity contribution in [2.45, 2.75) is 26.9 Å². The summed E-state index contributed by atoms with van der Waals surface area (Å²) in [5.74, 6) is 1.97. The van der Waals surface area contributed by atoms with Crippen LogP contribution in [0.1, 0.15) is 29.9 Å². The second-order valence-electron chi connectivity index (χ2n) is 7.85. The lowest BCUT2D eigenvalue weighted by atomic mass is 10.1. The third kappa shape index (κ3) is 3.93. The molecule has 28 heavy (non-hydrogen) atoms. The van der Waals surface area contributed by atoms with Gasteiger partial charge in [-0.05, 0) is 48.9 Å². The van der Waals surface area contributed by atoms with Gasteiger partial charge in [-0.1, -0.05) is 36.2 Å². The molecule has 2 heterocycles. The van der Waals surface area contributed by atoms with E-state index in [9.17, 15) is 4.79 Å². The molecule has 150 valence electrons. The predicted octanol–water partition coefficient (Wildman–Crippen LogP) is 4.05. The maximum Gasteiger partial charge on any atom is 0.274 e. The third-order valence-corrected chi connectivity index (χ3v) is 6.79. The number of halogens is 2. The summed E-state index contributed by atoms with van der Waals surface area (Å²) in [4.78, 5) is 22.0. The topological polar surface area (TPSA) is 41.4 Å². The molecule has 2 fully saturated rings. The van der Waals surface area contributed by atoms with Crippen molar-refractivity contribution < 1.29 is 4.79 Å². The Bertz CT molecular complexity index is 856. The Morgan fingerprint density at radius 1 is 1.21 bits per heavy atom. The van der Waals surface area contributed by atoms with Crippen molar-refractivity contribution >= 4 is 29.1 Å².